The Kier molecular flexibility index (Phi) is 12.3. The van der Waals surface area contributed by atoms with Gasteiger partial charge in [0.05, 0.1) is 19.6 Å². The predicted molar refractivity (Wildman–Crippen MR) is 74.5 cm³/mol. The molecule has 0 aliphatic heterocycles. The Morgan fingerprint density at radius 1 is 0.850 bits per heavy atom. The van der Waals surface area contributed by atoms with Crippen LogP contribution in [0.15, 0.2) is 0 Å². The quantitative estimate of drug-likeness (QED) is 0.496. The summed E-state index contributed by atoms with van der Waals surface area (Å²) in [5.74, 6) is -3.28. The molecule has 124 valence electrons. The van der Waals surface area contributed by atoms with Crippen molar-refractivity contribution in [2.75, 3.05) is 19.6 Å². The maximum atomic E-state index is 13.0. The van der Waals surface area contributed by atoms with E-state index in [2.05, 4.69) is 0 Å². The summed E-state index contributed by atoms with van der Waals surface area (Å²) in [4.78, 5) is 0. The number of hydrogen-bond acceptors (Lipinski definition) is 2. The van der Waals surface area contributed by atoms with Gasteiger partial charge in [-0.15, -0.1) is 0 Å². The number of nitrogens with zero attached hydrogens (tertiary/aromatic N) is 1. The van der Waals surface area contributed by atoms with Crippen LogP contribution in [-0.4, -0.2) is 37.7 Å². The van der Waals surface area contributed by atoms with E-state index in [0.717, 1.165) is 19.3 Å². The van der Waals surface area contributed by atoms with Gasteiger partial charge in [0.15, 0.2) is 0 Å². The fourth-order valence-corrected chi connectivity index (χ4v) is 3.71. The maximum Gasteiger partial charge on any atom is 0.384 e. The molecule has 0 N–H and O–H groups in total. The standard InChI is InChI=1S/C13H28F2NO2S.BrH/c1-4-7-10-16(11-8-5-2,12-9-6-3)19(17,18)13(14)15;/h13H,4-12H2,1-3H3;1H/q+1;/p-1. The van der Waals surface area contributed by atoms with Crippen LogP contribution in [-0.2, 0) is 10.0 Å². The Morgan fingerprint density at radius 3 is 1.35 bits per heavy atom. The van der Waals surface area contributed by atoms with Crippen molar-refractivity contribution in [1.82, 2.24) is 0 Å². The lowest BCUT2D eigenvalue weighted by atomic mass is 10.2. The third-order valence-electron chi connectivity index (χ3n) is 3.52. The summed E-state index contributed by atoms with van der Waals surface area (Å²) in [6.07, 6.45) is 4.45. The summed E-state index contributed by atoms with van der Waals surface area (Å²) in [5, 5.41) is 0. The normalized spacial score (nSPS) is 12.5. The second-order valence-corrected chi connectivity index (χ2v) is 7.23. The van der Waals surface area contributed by atoms with Crippen molar-refractivity contribution in [2.24, 2.45) is 0 Å². The van der Waals surface area contributed by atoms with Gasteiger partial charge in [-0.2, -0.15) is 17.2 Å². The number of unbranched alkanes of at least 4 members (excludes halogenated alkanes) is 3. The van der Waals surface area contributed by atoms with Crippen molar-refractivity contribution in [1.29, 1.82) is 0 Å². The molecule has 0 aromatic heterocycles. The van der Waals surface area contributed by atoms with Crippen LogP contribution in [0.4, 0.5) is 8.78 Å². The highest BCUT2D eigenvalue weighted by Crippen LogP contribution is 2.25. The Bertz CT molecular complexity index is 315. The first-order valence-electron chi connectivity index (χ1n) is 7.26. The molecule has 0 spiro atoms. The fraction of sp³-hybridized carbons (Fsp3) is 1.00. The van der Waals surface area contributed by atoms with E-state index in [1.807, 2.05) is 20.8 Å². The fourth-order valence-electron chi connectivity index (χ4n) is 2.22. The lowest BCUT2D eigenvalue weighted by molar-refractivity contribution is -0.808. The summed E-state index contributed by atoms with van der Waals surface area (Å²) < 4.78 is 49.7. The Morgan fingerprint density at radius 2 is 1.15 bits per heavy atom. The molecule has 3 nitrogen and oxygen atoms in total. The van der Waals surface area contributed by atoms with Crippen LogP contribution in [0.25, 0.3) is 0 Å². The largest absolute Gasteiger partial charge is 1.00 e. The van der Waals surface area contributed by atoms with E-state index in [-0.39, 0.29) is 17.0 Å². The first kappa shape index (κ1) is 22.5. The SMILES string of the molecule is CCCC[N+](CCCC)(CCCC)S(=O)(=O)C(F)F.[Br-]. The molecular formula is C13H28BrF2NO2S. The summed E-state index contributed by atoms with van der Waals surface area (Å²) >= 11 is 0. The zero-order chi connectivity index (χ0) is 14.9. The average molecular weight is 380 g/mol. The molecular weight excluding hydrogens is 352 g/mol. The van der Waals surface area contributed by atoms with Gasteiger partial charge in [-0.3, -0.25) is 0 Å². The minimum Gasteiger partial charge on any atom is -1.00 e. The van der Waals surface area contributed by atoms with E-state index in [1.54, 1.807) is 0 Å². The molecule has 0 fully saturated rings. The van der Waals surface area contributed by atoms with E-state index in [1.165, 1.54) is 0 Å². The second kappa shape index (κ2) is 10.9. The summed E-state index contributed by atoms with van der Waals surface area (Å²) in [6.45, 7) is 6.77. The van der Waals surface area contributed by atoms with Crippen molar-refractivity contribution < 1.29 is 38.1 Å². The van der Waals surface area contributed by atoms with E-state index in [0.29, 0.717) is 38.9 Å². The molecule has 20 heavy (non-hydrogen) atoms. The number of halogens is 3. The number of hydrogen-bond donors (Lipinski definition) is 0. The third-order valence-corrected chi connectivity index (χ3v) is 5.60. The highest BCUT2D eigenvalue weighted by molar-refractivity contribution is 7.86. The molecule has 0 aromatic carbocycles. The van der Waals surface area contributed by atoms with E-state index >= 15 is 0 Å². The van der Waals surface area contributed by atoms with Crippen molar-refractivity contribution >= 4 is 10.0 Å². The average Bonchev–Trinajstić information content (AvgIpc) is 2.37. The third kappa shape index (κ3) is 5.93. The van der Waals surface area contributed by atoms with E-state index in [4.69, 9.17) is 0 Å². The molecule has 7 heteroatoms. The molecule has 0 aromatic rings. The lowest BCUT2D eigenvalue weighted by Gasteiger charge is -2.36. The van der Waals surface area contributed by atoms with Gasteiger partial charge < -0.3 is 17.0 Å². The molecule has 0 heterocycles. The Labute approximate surface area is 133 Å². The topological polar surface area (TPSA) is 34.1 Å². The van der Waals surface area contributed by atoms with Gasteiger partial charge in [0.2, 0.25) is 0 Å². The summed E-state index contributed by atoms with van der Waals surface area (Å²) in [6, 6.07) is 0. The molecule has 0 saturated carbocycles. The van der Waals surface area contributed by atoms with Crippen LogP contribution < -0.4 is 17.0 Å². The van der Waals surface area contributed by atoms with Crippen LogP contribution in [0.5, 0.6) is 0 Å². The van der Waals surface area contributed by atoms with Gasteiger partial charge in [0.1, 0.15) is 0 Å². The minimum atomic E-state index is -4.41. The number of alkyl halides is 2. The van der Waals surface area contributed by atoms with Crippen LogP contribution >= 0.6 is 0 Å². The van der Waals surface area contributed by atoms with Gasteiger partial charge in [0, 0.05) is 0 Å². The minimum absolute atomic E-state index is 0. The van der Waals surface area contributed by atoms with Crippen LogP contribution in [0.3, 0.4) is 0 Å². The molecule has 0 radical (unpaired) electrons. The second-order valence-electron chi connectivity index (χ2n) is 5.07. The van der Waals surface area contributed by atoms with Gasteiger partial charge in [-0.1, -0.05) is 40.0 Å². The van der Waals surface area contributed by atoms with Gasteiger partial charge >= 0.3 is 15.8 Å². The molecule has 0 amide bonds. The van der Waals surface area contributed by atoms with Gasteiger partial charge in [0.25, 0.3) is 0 Å². The van der Waals surface area contributed by atoms with Crippen LogP contribution in [0.1, 0.15) is 59.3 Å². The number of quaternary nitrogens is 1. The molecule has 0 atom stereocenters. The molecule has 0 aliphatic carbocycles. The van der Waals surface area contributed by atoms with E-state index < -0.39 is 19.7 Å². The molecule has 0 rings (SSSR count). The monoisotopic (exact) mass is 379 g/mol. The number of sulfonamides is 1. The molecule has 0 saturated heterocycles. The summed E-state index contributed by atoms with van der Waals surface area (Å²) in [5.41, 5.74) is 0. The Balaban J connectivity index is 0. The maximum absolute atomic E-state index is 13.0. The van der Waals surface area contributed by atoms with E-state index in [9.17, 15) is 17.2 Å². The number of rotatable bonds is 11. The van der Waals surface area contributed by atoms with Gasteiger partial charge in [-0.25, -0.2) is 3.89 Å². The highest BCUT2D eigenvalue weighted by Gasteiger charge is 2.46. The van der Waals surface area contributed by atoms with Crippen molar-refractivity contribution in [3.8, 4) is 0 Å². The highest BCUT2D eigenvalue weighted by atomic mass is 79.9. The lowest BCUT2D eigenvalue weighted by Crippen LogP contribution is -3.00. The smallest absolute Gasteiger partial charge is 0.384 e. The van der Waals surface area contributed by atoms with Crippen molar-refractivity contribution in [3.63, 3.8) is 0 Å². The molecule has 0 bridgehead atoms. The zero-order valence-corrected chi connectivity index (χ0v) is 15.1. The molecule has 0 unspecified atom stereocenters. The Hall–Kier alpha value is 0.250. The predicted octanol–water partition coefficient (Wildman–Crippen LogP) is 0.760. The summed E-state index contributed by atoms with van der Waals surface area (Å²) in [7, 11) is -4.41. The molecule has 0 aliphatic rings. The van der Waals surface area contributed by atoms with Gasteiger partial charge in [-0.05, 0) is 19.3 Å². The zero-order valence-electron chi connectivity index (χ0n) is 12.7. The van der Waals surface area contributed by atoms with Crippen LogP contribution in [0.2, 0.25) is 0 Å². The first-order chi connectivity index (χ1) is 8.88. The first-order valence-corrected chi connectivity index (χ1v) is 8.76. The van der Waals surface area contributed by atoms with Crippen molar-refractivity contribution in [2.45, 2.75) is 65.1 Å². The van der Waals surface area contributed by atoms with Crippen molar-refractivity contribution in [3.05, 3.63) is 0 Å². The van der Waals surface area contributed by atoms with Crippen LogP contribution in [0, 0.1) is 0 Å².